The van der Waals surface area contributed by atoms with Crippen LogP contribution in [0.3, 0.4) is 0 Å². The van der Waals surface area contributed by atoms with Crippen molar-refractivity contribution in [3.05, 3.63) is 47.5 Å². The van der Waals surface area contributed by atoms with Crippen LogP contribution in [-0.2, 0) is 14.3 Å². The molecule has 1 aromatic rings. The summed E-state index contributed by atoms with van der Waals surface area (Å²) in [5, 5.41) is 0. The lowest BCUT2D eigenvalue weighted by atomic mass is 9.99. The van der Waals surface area contributed by atoms with Crippen molar-refractivity contribution in [1.82, 2.24) is 4.90 Å². The van der Waals surface area contributed by atoms with Gasteiger partial charge in [-0.2, -0.15) is 0 Å². The van der Waals surface area contributed by atoms with Gasteiger partial charge in [-0.3, -0.25) is 9.59 Å². The molecule has 0 N–H and O–H groups in total. The van der Waals surface area contributed by atoms with Crippen molar-refractivity contribution in [1.29, 1.82) is 0 Å². The summed E-state index contributed by atoms with van der Waals surface area (Å²) < 4.78 is 5.02. The summed E-state index contributed by atoms with van der Waals surface area (Å²) in [6.07, 6.45) is 2.08. The van der Waals surface area contributed by atoms with E-state index >= 15 is 0 Å². The molecule has 1 heterocycles. The molecule has 22 heavy (non-hydrogen) atoms. The first-order valence-corrected chi connectivity index (χ1v) is 7.76. The van der Waals surface area contributed by atoms with Crippen molar-refractivity contribution in [3.8, 4) is 0 Å². The summed E-state index contributed by atoms with van der Waals surface area (Å²) in [7, 11) is 0. The molecule has 1 saturated heterocycles. The lowest BCUT2D eigenvalue weighted by molar-refractivity contribution is -0.143. The molecular formula is C18H23NO3. The Morgan fingerprint density at radius 1 is 1.41 bits per heavy atom. The van der Waals surface area contributed by atoms with E-state index in [1.54, 1.807) is 6.92 Å². The summed E-state index contributed by atoms with van der Waals surface area (Å²) >= 11 is 0. The van der Waals surface area contributed by atoms with Crippen LogP contribution in [0.15, 0.2) is 42.0 Å². The molecule has 1 aliphatic rings. The summed E-state index contributed by atoms with van der Waals surface area (Å²) in [6.45, 7) is 6.59. The quantitative estimate of drug-likeness (QED) is 0.620. The van der Waals surface area contributed by atoms with Gasteiger partial charge in [-0.05, 0) is 26.3 Å². The first-order valence-electron chi connectivity index (χ1n) is 7.76. The lowest BCUT2D eigenvalue weighted by Crippen LogP contribution is -2.29. The van der Waals surface area contributed by atoms with Crippen LogP contribution in [0.2, 0.25) is 0 Å². The molecular weight excluding hydrogens is 278 g/mol. The van der Waals surface area contributed by atoms with Gasteiger partial charge in [0.1, 0.15) is 0 Å². The topological polar surface area (TPSA) is 46.6 Å². The Kier molecular flexibility index (Phi) is 5.36. The van der Waals surface area contributed by atoms with Crippen molar-refractivity contribution >= 4 is 11.9 Å². The number of hydrogen-bond donors (Lipinski definition) is 0. The molecule has 0 aromatic heterocycles. The van der Waals surface area contributed by atoms with Crippen LogP contribution in [0, 0.1) is 5.92 Å². The molecule has 1 aromatic carbocycles. The molecule has 0 aliphatic carbocycles. The van der Waals surface area contributed by atoms with Crippen molar-refractivity contribution in [2.24, 2.45) is 5.92 Å². The van der Waals surface area contributed by atoms with Crippen LogP contribution < -0.4 is 0 Å². The number of esters is 1. The zero-order valence-corrected chi connectivity index (χ0v) is 13.4. The minimum atomic E-state index is -0.242. The van der Waals surface area contributed by atoms with E-state index in [0.717, 1.165) is 11.1 Å². The number of nitrogens with zero attached hydrogens (tertiary/aromatic N) is 1. The second-order valence-corrected chi connectivity index (χ2v) is 5.49. The normalized spacial score (nSPS) is 21.2. The maximum Gasteiger partial charge on any atom is 0.306 e. The summed E-state index contributed by atoms with van der Waals surface area (Å²) in [5.74, 6) is -0.301. The van der Waals surface area contributed by atoms with Gasteiger partial charge in [-0.1, -0.05) is 36.4 Å². The van der Waals surface area contributed by atoms with Gasteiger partial charge in [-0.15, -0.1) is 0 Å². The van der Waals surface area contributed by atoms with Crippen LogP contribution >= 0.6 is 0 Å². The van der Waals surface area contributed by atoms with Crippen molar-refractivity contribution < 1.29 is 14.3 Å². The first-order chi connectivity index (χ1) is 10.6. The van der Waals surface area contributed by atoms with Crippen molar-refractivity contribution in [3.63, 3.8) is 0 Å². The number of carbonyl (C=O) groups excluding carboxylic acids is 2. The Hall–Kier alpha value is -2.10. The second kappa shape index (κ2) is 7.25. The van der Waals surface area contributed by atoms with Crippen LogP contribution in [0.25, 0.3) is 0 Å². The second-order valence-electron chi connectivity index (χ2n) is 5.49. The lowest BCUT2D eigenvalue weighted by Gasteiger charge is -2.24. The Balaban J connectivity index is 2.15. The standard InChI is InChI=1S/C18H23NO3/c1-4-16-15(11-17(20)22-5-2)12-19(18(16)21)13(3)14-9-7-6-8-10-14/h4,6-10,13,15H,5,11-12H2,1-3H3/b16-4-/t13-,15-/m1/s1. The molecule has 0 radical (unpaired) electrons. The minimum absolute atomic E-state index is 0.00385. The van der Waals surface area contributed by atoms with Gasteiger partial charge in [0.2, 0.25) is 5.91 Å². The third-order valence-electron chi connectivity index (χ3n) is 4.14. The predicted octanol–water partition coefficient (Wildman–Crippen LogP) is 3.11. The molecule has 1 fully saturated rings. The van der Waals surface area contributed by atoms with E-state index in [1.807, 2.05) is 55.2 Å². The van der Waals surface area contributed by atoms with E-state index in [9.17, 15) is 9.59 Å². The van der Waals surface area contributed by atoms with Gasteiger partial charge in [0, 0.05) is 18.0 Å². The monoisotopic (exact) mass is 301 g/mol. The molecule has 0 unspecified atom stereocenters. The van der Waals surface area contributed by atoms with Crippen LogP contribution in [-0.4, -0.2) is 29.9 Å². The zero-order chi connectivity index (χ0) is 16.1. The number of hydrogen-bond acceptors (Lipinski definition) is 3. The van der Waals surface area contributed by atoms with Gasteiger partial charge in [0.25, 0.3) is 0 Å². The number of carbonyl (C=O) groups is 2. The predicted molar refractivity (Wildman–Crippen MR) is 85.1 cm³/mol. The number of ether oxygens (including phenoxy) is 1. The summed E-state index contributed by atoms with van der Waals surface area (Å²) in [6, 6.07) is 9.94. The highest BCUT2D eigenvalue weighted by Gasteiger charge is 2.38. The molecule has 1 amide bonds. The molecule has 0 saturated carbocycles. The van der Waals surface area contributed by atoms with Crippen LogP contribution in [0.1, 0.15) is 38.8 Å². The number of benzene rings is 1. The molecule has 0 bridgehead atoms. The average molecular weight is 301 g/mol. The number of allylic oxidation sites excluding steroid dienone is 1. The van der Waals surface area contributed by atoms with Crippen LogP contribution in [0.5, 0.6) is 0 Å². The molecule has 2 rings (SSSR count). The average Bonchev–Trinajstić information content (AvgIpc) is 2.83. The highest BCUT2D eigenvalue weighted by molar-refractivity contribution is 5.97. The van der Waals surface area contributed by atoms with Crippen LogP contribution in [0.4, 0.5) is 0 Å². The highest BCUT2D eigenvalue weighted by atomic mass is 16.5. The van der Waals surface area contributed by atoms with Gasteiger partial charge < -0.3 is 9.64 Å². The molecule has 4 heteroatoms. The Morgan fingerprint density at radius 3 is 2.68 bits per heavy atom. The first kappa shape index (κ1) is 16.3. The third kappa shape index (κ3) is 3.38. The zero-order valence-electron chi connectivity index (χ0n) is 13.4. The number of amides is 1. The molecule has 1 aliphatic heterocycles. The van der Waals surface area contributed by atoms with E-state index in [1.165, 1.54) is 0 Å². The fourth-order valence-corrected chi connectivity index (χ4v) is 2.96. The summed E-state index contributed by atoms with van der Waals surface area (Å²) in [4.78, 5) is 26.2. The smallest absolute Gasteiger partial charge is 0.306 e. The maximum absolute atomic E-state index is 12.6. The Labute approximate surface area is 131 Å². The van der Waals surface area contributed by atoms with E-state index < -0.39 is 0 Å². The molecule has 2 atom stereocenters. The maximum atomic E-state index is 12.6. The fourth-order valence-electron chi connectivity index (χ4n) is 2.96. The Bertz CT molecular complexity index is 565. The van der Waals surface area contributed by atoms with E-state index in [0.29, 0.717) is 13.2 Å². The van der Waals surface area contributed by atoms with Gasteiger partial charge >= 0.3 is 5.97 Å². The highest BCUT2D eigenvalue weighted by Crippen LogP contribution is 2.33. The van der Waals surface area contributed by atoms with E-state index in [4.69, 9.17) is 4.74 Å². The van der Waals surface area contributed by atoms with E-state index in [2.05, 4.69) is 0 Å². The minimum Gasteiger partial charge on any atom is -0.466 e. The molecule has 118 valence electrons. The SMILES string of the molecule is C/C=C1\C(=O)N([C@H](C)c2ccccc2)C[C@H]1CC(=O)OCC. The Morgan fingerprint density at radius 2 is 2.09 bits per heavy atom. The summed E-state index contributed by atoms with van der Waals surface area (Å²) in [5.41, 5.74) is 1.82. The van der Waals surface area contributed by atoms with Crippen molar-refractivity contribution in [2.75, 3.05) is 13.2 Å². The fraction of sp³-hybridized carbons (Fsp3) is 0.444. The van der Waals surface area contributed by atoms with E-state index in [-0.39, 0.29) is 30.3 Å². The molecule has 4 nitrogen and oxygen atoms in total. The van der Waals surface area contributed by atoms with Crippen molar-refractivity contribution in [2.45, 2.75) is 33.2 Å². The number of likely N-dealkylation sites (tertiary alicyclic amines) is 1. The van der Waals surface area contributed by atoms with Gasteiger partial charge in [-0.25, -0.2) is 0 Å². The number of rotatable bonds is 5. The molecule has 0 spiro atoms. The largest absolute Gasteiger partial charge is 0.466 e. The van der Waals surface area contributed by atoms with Gasteiger partial charge in [0.05, 0.1) is 19.1 Å². The third-order valence-corrected chi connectivity index (χ3v) is 4.14. The van der Waals surface area contributed by atoms with Gasteiger partial charge in [0.15, 0.2) is 0 Å².